The molecule has 0 heterocycles. The van der Waals surface area contributed by atoms with Gasteiger partial charge in [-0.2, -0.15) is 0 Å². The monoisotopic (exact) mass is 376 g/mol. The topological polar surface area (TPSA) is 84.9 Å². The van der Waals surface area contributed by atoms with Crippen LogP contribution in [0.15, 0.2) is 24.3 Å². The standard InChI is InChI=1S/C20H28N2O5/c1-4-26-20(25)21-16-9-7-15(8-10-16)19(24)27-13-18(23)22(3)17-11-5-14(2)6-12-17/h7-10,14,17H,4-6,11-13H2,1-3H3,(H,21,25). The van der Waals surface area contributed by atoms with Gasteiger partial charge < -0.3 is 14.4 Å². The van der Waals surface area contributed by atoms with Gasteiger partial charge in [-0.05, 0) is 62.8 Å². The van der Waals surface area contributed by atoms with Crippen LogP contribution in [-0.4, -0.2) is 49.2 Å². The van der Waals surface area contributed by atoms with E-state index in [1.165, 1.54) is 12.1 Å². The van der Waals surface area contributed by atoms with Gasteiger partial charge in [0.05, 0.1) is 12.2 Å². The summed E-state index contributed by atoms with van der Waals surface area (Å²) in [6.07, 6.45) is 3.67. The molecule has 1 aliphatic rings. The number of amides is 2. The van der Waals surface area contributed by atoms with E-state index >= 15 is 0 Å². The molecular weight excluding hydrogens is 348 g/mol. The van der Waals surface area contributed by atoms with Crippen molar-refractivity contribution >= 4 is 23.7 Å². The van der Waals surface area contributed by atoms with Crippen molar-refractivity contribution in [2.24, 2.45) is 5.92 Å². The highest BCUT2D eigenvalue weighted by Crippen LogP contribution is 2.26. The van der Waals surface area contributed by atoms with Crippen LogP contribution >= 0.6 is 0 Å². The van der Waals surface area contributed by atoms with E-state index < -0.39 is 12.1 Å². The highest BCUT2D eigenvalue weighted by molar-refractivity contribution is 5.92. The Kier molecular flexibility index (Phi) is 7.64. The molecule has 27 heavy (non-hydrogen) atoms. The second-order valence-electron chi connectivity index (χ2n) is 6.92. The molecule has 0 radical (unpaired) electrons. The Morgan fingerprint density at radius 3 is 2.30 bits per heavy atom. The Hall–Kier alpha value is -2.57. The van der Waals surface area contributed by atoms with Crippen molar-refractivity contribution in [3.63, 3.8) is 0 Å². The maximum atomic E-state index is 12.3. The Bertz CT molecular complexity index is 651. The van der Waals surface area contributed by atoms with Crippen molar-refractivity contribution in [2.45, 2.75) is 45.6 Å². The van der Waals surface area contributed by atoms with Crippen LogP contribution in [0.3, 0.4) is 0 Å². The lowest BCUT2D eigenvalue weighted by Crippen LogP contribution is -2.41. The number of likely N-dealkylation sites (N-methyl/N-ethyl adjacent to an activating group) is 1. The third-order valence-corrected chi connectivity index (χ3v) is 4.90. The molecule has 0 aromatic heterocycles. The molecule has 0 unspecified atom stereocenters. The van der Waals surface area contributed by atoms with Crippen LogP contribution in [0.4, 0.5) is 10.5 Å². The number of nitrogens with one attached hydrogen (secondary N) is 1. The fraction of sp³-hybridized carbons (Fsp3) is 0.550. The lowest BCUT2D eigenvalue weighted by Gasteiger charge is -2.33. The van der Waals surface area contributed by atoms with Crippen LogP contribution in [0.2, 0.25) is 0 Å². The summed E-state index contributed by atoms with van der Waals surface area (Å²) in [4.78, 5) is 37.5. The van der Waals surface area contributed by atoms with Crippen molar-refractivity contribution in [2.75, 3.05) is 25.6 Å². The molecule has 2 amide bonds. The molecule has 0 atom stereocenters. The van der Waals surface area contributed by atoms with Gasteiger partial charge in [-0.1, -0.05) is 6.92 Å². The lowest BCUT2D eigenvalue weighted by molar-refractivity contribution is -0.136. The van der Waals surface area contributed by atoms with Gasteiger partial charge in [0.25, 0.3) is 5.91 Å². The molecule has 1 saturated carbocycles. The zero-order chi connectivity index (χ0) is 19.8. The van der Waals surface area contributed by atoms with Crippen molar-refractivity contribution in [1.29, 1.82) is 0 Å². The zero-order valence-corrected chi connectivity index (χ0v) is 16.2. The number of anilines is 1. The summed E-state index contributed by atoms with van der Waals surface area (Å²) in [5, 5.41) is 2.54. The van der Waals surface area contributed by atoms with Crippen LogP contribution in [0.5, 0.6) is 0 Å². The number of benzene rings is 1. The first-order chi connectivity index (χ1) is 12.9. The first kappa shape index (κ1) is 20.7. The average Bonchev–Trinajstić information content (AvgIpc) is 2.66. The summed E-state index contributed by atoms with van der Waals surface area (Å²) in [6.45, 7) is 3.95. The molecular formula is C20H28N2O5. The first-order valence-electron chi connectivity index (χ1n) is 9.37. The van der Waals surface area contributed by atoms with Gasteiger partial charge in [0.1, 0.15) is 0 Å². The SMILES string of the molecule is CCOC(=O)Nc1ccc(C(=O)OCC(=O)N(C)C2CCC(C)CC2)cc1. The molecule has 0 spiro atoms. The van der Waals surface area contributed by atoms with E-state index in [1.807, 2.05) is 0 Å². The maximum Gasteiger partial charge on any atom is 0.411 e. The number of carbonyl (C=O) groups is 3. The molecule has 1 N–H and O–H groups in total. The Balaban J connectivity index is 1.80. The minimum absolute atomic E-state index is 0.191. The van der Waals surface area contributed by atoms with Gasteiger partial charge in [0, 0.05) is 18.8 Å². The van der Waals surface area contributed by atoms with E-state index in [4.69, 9.17) is 9.47 Å². The van der Waals surface area contributed by atoms with Gasteiger partial charge in [-0.25, -0.2) is 9.59 Å². The molecule has 0 saturated heterocycles. The maximum absolute atomic E-state index is 12.3. The van der Waals surface area contributed by atoms with Gasteiger partial charge in [-0.3, -0.25) is 10.1 Å². The highest BCUT2D eigenvalue weighted by atomic mass is 16.5. The van der Waals surface area contributed by atoms with Crippen molar-refractivity contribution in [3.8, 4) is 0 Å². The van der Waals surface area contributed by atoms with Crippen LogP contribution in [-0.2, 0) is 14.3 Å². The van der Waals surface area contributed by atoms with Crippen LogP contribution < -0.4 is 5.32 Å². The number of carbonyl (C=O) groups excluding carboxylic acids is 3. The Morgan fingerprint density at radius 2 is 1.70 bits per heavy atom. The molecule has 0 bridgehead atoms. The Morgan fingerprint density at radius 1 is 1.07 bits per heavy atom. The highest BCUT2D eigenvalue weighted by Gasteiger charge is 2.25. The summed E-state index contributed by atoms with van der Waals surface area (Å²) in [5.74, 6) is -0.0518. The van der Waals surface area contributed by atoms with Crippen molar-refractivity contribution in [1.82, 2.24) is 4.90 Å². The van der Waals surface area contributed by atoms with E-state index in [0.29, 0.717) is 17.2 Å². The summed E-state index contributed by atoms with van der Waals surface area (Å²) >= 11 is 0. The molecule has 7 nitrogen and oxygen atoms in total. The molecule has 1 fully saturated rings. The van der Waals surface area contributed by atoms with Crippen LogP contribution in [0.25, 0.3) is 0 Å². The largest absolute Gasteiger partial charge is 0.452 e. The normalized spacial score (nSPS) is 19.1. The minimum Gasteiger partial charge on any atom is -0.452 e. The molecule has 7 heteroatoms. The van der Waals surface area contributed by atoms with E-state index in [-0.39, 0.29) is 25.2 Å². The molecule has 1 aromatic carbocycles. The quantitative estimate of drug-likeness (QED) is 0.769. The number of rotatable bonds is 6. The molecule has 1 aromatic rings. The van der Waals surface area contributed by atoms with Crippen LogP contribution in [0, 0.1) is 5.92 Å². The van der Waals surface area contributed by atoms with E-state index in [9.17, 15) is 14.4 Å². The summed E-state index contributed by atoms with van der Waals surface area (Å²) in [6, 6.07) is 6.43. The van der Waals surface area contributed by atoms with Gasteiger partial charge in [-0.15, -0.1) is 0 Å². The predicted octanol–water partition coefficient (Wildman–Crippen LogP) is 3.45. The minimum atomic E-state index is -0.572. The molecule has 0 aliphatic heterocycles. The smallest absolute Gasteiger partial charge is 0.411 e. The van der Waals surface area contributed by atoms with E-state index in [1.54, 1.807) is 31.0 Å². The third kappa shape index (κ3) is 6.27. The third-order valence-electron chi connectivity index (χ3n) is 4.90. The van der Waals surface area contributed by atoms with Gasteiger partial charge in [0.15, 0.2) is 6.61 Å². The summed E-state index contributed by atoms with van der Waals surface area (Å²) in [7, 11) is 1.77. The average molecular weight is 376 g/mol. The lowest BCUT2D eigenvalue weighted by atomic mass is 9.87. The number of nitrogens with zero attached hydrogens (tertiary/aromatic N) is 1. The molecule has 148 valence electrons. The second-order valence-corrected chi connectivity index (χ2v) is 6.92. The molecule has 1 aliphatic carbocycles. The number of hydrogen-bond acceptors (Lipinski definition) is 5. The van der Waals surface area contributed by atoms with Gasteiger partial charge >= 0.3 is 12.1 Å². The van der Waals surface area contributed by atoms with E-state index in [2.05, 4.69) is 12.2 Å². The van der Waals surface area contributed by atoms with Gasteiger partial charge in [0.2, 0.25) is 0 Å². The van der Waals surface area contributed by atoms with Crippen LogP contribution in [0.1, 0.15) is 49.9 Å². The number of esters is 1. The summed E-state index contributed by atoms with van der Waals surface area (Å²) < 4.78 is 9.92. The fourth-order valence-electron chi connectivity index (χ4n) is 3.12. The zero-order valence-electron chi connectivity index (χ0n) is 16.2. The van der Waals surface area contributed by atoms with E-state index in [0.717, 1.165) is 25.7 Å². The first-order valence-corrected chi connectivity index (χ1v) is 9.37. The Labute approximate surface area is 160 Å². The molecule has 2 rings (SSSR count). The predicted molar refractivity (Wildman–Crippen MR) is 102 cm³/mol. The number of ether oxygens (including phenoxy) is 2. The second kappa shape index (κ2) is 9.94. The fourth-order valence-corrected chi connectivity index (χ4v) is 3.12. The van der Waals surface area contributed by atoms with Crippen molar-refractivity contribution in [3.05, 3.63) is 29.8 Å². The van der Waals surface area contributed by atoms with Crippen molar-refractivity contribution < 1.29 is 23.9 Å². The summed E-state index contributed by atoms with van der Waals surface area (Å²) in [5.41, 5.74) is 0.818. The number of hydrogen-bond donors (Lipinski definition) is 1.